The van der Waals surface area contributed by atoms with Gasteiger partial charge in [-0.2, -0.15) is 0 Å². The third kappa shape index (κ3) is 1.17. The van der Waals surface area contributed by atoms with Gasteiger partial charge in [-0.15, -0.1) is 0 Å². The van der Waals surface area contributed by atoms with Crippen molar-refractivity contribution in [1.29, 1.82) is 0 Å². The van der Waals surface area contributed by atoms with Gasteiger partial charge >= 0.3 is 0 Å². The van der Waals surface area contributed by atoms with E-state index in [1.54, 1.807) is 0 Å². The number of hydrogen-bond acceptors (Lipinski definition) is 1. The minimum Gasteiger partial charge on any atom is -0.264 e. The van der Waals surface area contributed by atoms with Crippen LogP contribution in [-0.4, -0.2) is 4.98 Å². The Balaban J connectivity index is 2.11. The van der Waals surface area contributed by atoms with Crippen molar-refractivity contribution in [2.24, 2.45) is 0 Å². The molecule has 3 aromatic rings. The summed E-state index contributed by atoms with van der Waals surface area (Å²) in [6.07, 6.45) is 4.90. The molecule has 80 valence electrons. The molecule has 1 heterocycles. The summed E-state index contributed by atoms with van der Waals surface area (Å²) < 4.78 is 0. The second kappa shape index (κ2) is 3.17. The summed E-state index contributed by atoms with van der Waals surface area (Å²) in [6.45, 7) is 0. The van der Waals surface area contributed by atoms with E-state index in [4.69, 9.17) is 0 Å². The molecule has 1 aliphatic carbocycles. The van der Waals surface area contributed by atoms with Gasteiger partial charge in [-0.25, -0.2) is 0 Å². The van der Waals surface area contributed by atoms with Crippen molar-refractivity contribution in [2.45, 2.75) is 6.42 Å². The molecule has 2 aromatic carbocycles. The van der Waals surface area contributed by atoms with Crippen molar-refractivity contribution < 1.29 is 0 Å². The summed E-state index contributed by atoms with van der Waals surface area (Å²) in [5.41, 5.74) is 5.50. The van der Waals surface area contributed by atoms with Crippen molar-refractivity contribution in [1.82, 2.24) is 4.98 Å². The molecule has 4 rings (SSSR count). The number of rotatable bonds is 0. The van der Waals surface area contributed by atoms with Gasteiger partial charge in [-0.3, -0.25) is 4.98 Å². The molecule has 17 heavy (non-hydrogen) atoms. The number of benzene rings is 2. The fourth-order valence-electron chi connectivity index (χ4n) is 2.79. The highest BCUT2D eigenvalue weighted by Gasteiger charge is 2.19. The zero-order chi connectivity index (χ0) is 11.2. The monoisotopic (exact) mass is 217 g/mol. The Morgan fingerprint density at radius 1 is 0.882 bits per heavy atom. The first-order chi connectivity index (χ1) is 8.43. The van der Waals surface area contributed by atoms with Gasteiger partial charge in [0.05, 0.1) is 0 Å². The van der Waals surface area contributed by atoms with Gasteiger partial charge in [-0.05, 0) is 39.9 Å². The van der Waals surface area contributed by atoms with Crippen LogP contribution in [0.15, 0.2) is 54.9 Å². The first kappa shape index (κ1) is 8.94. The number of nitrogens with zero attached hydrogens (tertiary/aromatic N) is 1. The van der Waals surface area contributed by atoms with E-state index in [0.717, 1.165) is 6.42 Å². The SMILES string of the molecule is c1ccc2c3c(ccc2c1)-c1cnccc1C3. The van der Waals surface area contributed by atoms with E-state index in [2.05, 4.69) is 47.4 Å². The molecular formula is C16H11N. The summed E-state index contributed by atoms with van der Waals surface area (Å²) in [7, 11) is 0. The van der Waals surface area contributed by atoms with Crippen molar-refractivity contribution in [3.63, 3.8) is 0 Å². The van der Waals surface area contributed by atoms with Crippen LogP contribution >= 0.6 is 0 Å². The van der Waals surface area contributed by atoms with Crippen LogP contribution in [-0.2, 0) is 6.42 Å². The highest BCUT2D eigenvalue weighted by Crippen LogP contribution is 2.39. The van der Waals surface area contributed by atoms with E-state index >= 15 is 0 Å². The molecule has 0 N–H and O–H groups in total. The summed E-state index contributed by atoms with van der Waals surface area (Å²) >= 11 is 0. The van der Waals surface area contributed by atoms with Gasteiger partial charge in [0.15, 0.2) is 0 Å². The van der Waals surface area contributed by atoms with E-state index in [9.17, 15) is 0 Å². The average molecular weight is 217 g/mol. The smallest absolute Gasteiger partial charge is 0.0349 e. The first-order valence-corrected chi connectivity index (χ1v) is 5.87. The summed E-state index contributed by atoms with van der Waals surface area (Å²) in [5, 5.41) is 2.70. The molecule has 0 saturated heterocycles. The minimum absolute atomic E-state index is 1.04. The Morgan fingerprint density at radius 2 is 1.82 bits per heavy atom. The van der Waals surface area contributed by atoms with Gasteiger partial charge in [0.1, 0.15) is 0 Å². The molecule has 1 aromatic heterocycles. The predicted octanol–water partition coefficient (Wildman–Crippen LogP) is 3.81. The van der Waals surface area contributed by atoms with Crippen LogP contribution in [0.1, 0.15) is 11.1 Å². The molecule has 0 fully saturated rings. The third-order valence-corrected chi connectivity index (χ3v) is 3.61. The highest BCUT2D eigenvalue weighted by atomic mass is 14.6. The van der Waals surface area contributed by atoms with Crippen molar-refractivity contribution >= 4 is 10.8 Å². The molecule has 0 saturated carbocycles. The standard InChI is InChI=1S/C16H11N/c1-2-4-13-11(3-1)5-6-14-15(13)9-12-7-8-17-10-16(12)14/h1-8,10H,9H2. The van der Waals surface area contributed by atoms with Crippen LogP contribution < -0.4 is 0 Å². The second-order valence-electron chi connectivity index (χ2n) is 4.52. The van der Waals surface area contributed by atoms with Gasteiger partial charge in [0.2, 0.25) is 0 Å². The molecular weight excluding hydrogens is 206 g/mol. The zero-order valence-electron chi connectivity index (χ0n) is 9.35. The number of aromatic nitrogens is 1. The third-order valence-electron chi connectivity index (χ3n) is 3.61. The quantitative estimate of drug-likeness (QED) is 0.436. The Kier molecular flexibility index (Phi) is 1.67. The lowest BCUT2D eigenvalue weighted by Crippen LogP contribution is -1.83. The molecule has 0 aliphatic heterocycles. The van der Waals surface area contributed by atoms with Crippen molar-refractivity contribution in [3.05, 3.63) is 66.0 Å². The fourth-order valence-corrected chi connectivity index (χ4v) is 2.79. The van der Waals surface area contributed by atoms with E-state index in [0.29, 0.717) is 0 Å². The Labute approximate surface area is 99.7 Å². The maximum atomic E-state index is 4.24. The van der Waals surface area contributed by atoms with E-state index in [-0.39, 0.29) is 0 Å². The molecule has 0 bridgehead atoms. The minimum atomic E-state index is 1.04. The van der Waals surface area contributed by atoms with Crippen LogP contribution in [0.2, 0.25) is 0 Å². The molecule has 0 amide bonds. The summed E-state index contributed by atoms with van der Waals surface area (Å²) in [5.74, 6) is 0. The van der Waals surface area contributed by atoms with E-state index < -0.39 is 0 Å². The van der Waals surface area contributed by atoms with Crippen LogP contribution in [0.5, 0.6) is 0 Å². The summed E-state index contributed by atoms with van der Waals surface area (Å²) in [4.78, 5) is 4.24. The van der Waals surface area contributed by atoms with Gasteiger partial charge in [0.25, 0.3) is 0 Å². The largest absolute Gasteiger partial charge is 0.264 e. The van der Waals surface area contributed by atoms with E-state index in [1.807, 2.05) is 12.4 Å². The maximum Gasteiger partial charge on any atom is 0.0349 e. The van der Waals surface area contributed by atoms with Crippen LogP contribution in [0.4, 0.5) is 0 Å². The Bertz CT molecular complexity index is 728. The lowest BCUT2D eigenvalue weighted by molar-refractivity contribution is 1.24. The second-order valence-corrected chi connectivity index (χ2v) is 4.52. The van der Waals surface area contributed by atoms with Gasteiger partial charge in [0, 0.05) is 18.0 Å². The van der Waals surface area contributed by atoms with Gasteiger partial charge < -0.3 is 0 Å². The molecule has 0 atom stereocenters. The predicted molar refractivity (Wildman–Crippen MR) is 70.0 cm³/mol. The average Bonchev–Trinajstić information content (AvgIpc) is 2.78. The van der Waals surface area contributed by atoms with Gasteiger partial charge in [-0.1, -0.05) is 36.4 Å². The normalized spacial score (nSPS) is 12.5. The first-order valence-electron chi connectivity index (χ1n) is 5.87. The lowest BCUT2D eigenvalue weighted by atomic mass is 10.00. The zero-order valence-corrected chi connectivity index (χ0v) is 9.35. The topological polar surface area (TPSA) is 12.9 Å². The molecule has 0 unspecified atom stereocenters. The molecule has 1 aliphatic rings. The molecule has 0 spiro atoms. The van der Waals surface area contributed by atoms with Crippen molar-refractivity contribution in [2.75, 3.05) is 0 Å². The van der Waals surface area contributed by atoms with Crippen molar-refractivity contribution in [3.8, 4) is 11.1 Å². The van der Waals surface area contributed by atoms with Crippen LogP contribution in [0.3, 0.4) is 0 Å². The van der Waals surface area contributed by atoms with Crippen LogP contribution in [0, 0.1) is 0 Å². The summed E-state index contributed by atoms with van der Waals surface area (Å²) in [6, 6.07) is 15.2. The molecule has 1 heteroatoms. The number of hydrogen-bond donors (Lipinski definition) is 0. The number of pyridine rings is 1. The van der Waals surface area contributed by atoms with E-state index in [1.165, 1.54) is 33.0 Å². The highest BCUT2D eigenvalue weighted by molar-refractivity contribution is 5.94. The maximum absolute atomic E-state index is 4.24. The molecule has 1 nitrogen and oxygen atoms in total. The number of fused-ring (bicyclic) bond motifs is 5. The molecule has 0 radical (unpaired) electrons. The fraction of sp³-hybridized carbons (Fsp3) is 0.0625. The lowest BCUT2D eigenvalue weighted by Gasteiger charge is -2.04. The Morgan fingerprint density at radius 3 is 2.82 bits per heavy atom. The Hall–Kier alpha value is -2.15. The van der Waals surface area contributed by atoms with Crippen LogP contribution in [0.25, 0.3) is 21.9 Å².